The highest BCUT2D eigenvalue weighted by atomic mass is 16.6. The molecule has 18 heavy (non-hydrogen) atoms. The van der Waals surface area contributed by atoms with E-state index in [0.29, 0.717) is 37.0 Å². The smallest absolute Gasteiger partial charge is 0.317 e. The van der Waals surface area contributed by atoms with Crippen LogP contribution in [0.4, 0.5) is 0 Å². The number of hydrogen-bond donors (Lipinski definition) is 2. The van der Waals surface area contributed by atoms with Crippen LogP contribution >= 0.6 is 0 Å². The van der Waals surface area contributed by atoms with Crippen molar-refractivity contribution in [3.63, 3.8) is 0 Å². The number of methoxy groups -OCH3 is 1. The monoisotopic (exact) mass is 253 g/mol. The molecule has 1 aliphatic rings. The van der Waals surface area contributed by atoms with Crippen LogP contribution in [-0.4, -0.2) is 37.9 Å². The van der Waals surface area contributed by atoms with E-state index in [2.05, 4.69) is 5.32 Å². The van der Waals surface area contributed by atoms with Crippen LogP contribution in [0.25, 0.3) is 0 Å². The van der Waals surface area contributed by atoms with E-state index in [4.69, 9.17) is 19.3 Å². The first-order valence-corrected chi connectivity index (χ1v) is 5.59. The van der Waals surface area contributed by atoms with Crippen LogP contribution in [0.3, 0.4) is 0 Å². The number of carboxylic acid groups (broad SMARTS) is 1. The van der Waals surface area contributed by atoms with Crippen LogP contribution in [0.15, 0.2) is 12.1 Å². The molecule has 0 fully saturated rings. The Kier molecular flexibility index (Phi) is 3.88. The quantitative estimate of drug-likeness (QED) is 0.802. The average Bonchev–Trinajstić information content (AvgIpc) is 2.37. The number of carboxylic acids is 1. The van der Waals surface area contributed by atoms with Gasteiger partial charge >= 0.3 is 5.97 Å². The largest absolute Gasteiger partial charge is 0.493 e. The molecule has 0 atom stereocenters. The molecular formula is C12H15NO5. The van der Waals surface area contributed by atoms with E-state index < -0.39 is 5.97 Å². The highest BCUT2D eigenvalue weighted by molar-refractivity contribution is 5.69. The van der Waals surface area contributed by atoms with E-state index in [1.54, 1.807) is 7.11 Å². The Morgan fingerprint density at radius 3 is 2.94 bits per heavy atom. The summed E-state index contributed by atoms with van der Waals surface area (Å²) in [5.74, 6) is 0.942. The van der Waals surface area contributed by atoms with Gasteiger partial charge in [0.1, 0.15) is 13.2 Å². The molecule has 0 amide bonds. The predicted octanol–water partition coefficient (Wildman–Crippen LogP) is 0.641. The van der Waals surface area contributed by atoms with Crippen molar-refractivity contribution in [3.05, 3.63) is 17.7 Å². The summed E-state index contributed by atoms with van der Waals surface area (Å²) in [6, 6.07) is 3.63. The van der Waals surface area contributed by atoms with Gasteiger partial charge in [-0.3, -0.25) is 4.79 Å². The Bertz CT molecular complexity index is 429. The molecule has 0 unspecified atom stereocenters. The highest BCUT2D eigenvalue weighted by Crippen LogP contribution is 2.40. The Balaban J connectivity index is 2.13. The van der Waals surface area contributed by atoms with Crippen molar-refractivity contribution in [2.45, 2.75) is 6.54 Å². The van der Waals surface area contributed by atoms with Crippen LogP contribution < -0.4 is 19.5 Å². The zero-order chi connectivity index (χ0) is 13.0. The molecule has 2 N–H and O–H groups in total. The van der Waals surface area contributed by atoms with Gasteiger partial charge in [-0.15, -0.1) is 0 Å². The topological polar surface area (TPSA) is 77.0 Å². The van der Waals surface area contributed by atoms with Gasteiger partial charge in [0.05, 0.1) is 13.7 Å². The number of aliphatic carboxylic acids is 1. The van der Waals surface area contributed by atoms with Crippen molar-refractivity contribution in [3.8, 4) is 17.2 Å². The lowest BCUT2D eigenvalue weighted by atomic mass is 10.1. The molecule has 2 rings (SSSR count). The van der Waals surface area contributed by atoms with Gasteiger partial charge < -0.3 is 24.6 Å². The van der Waals surface area contributed by atoms with Crippen molar-refractivity contribution in [2.24, 2.45) is 0 Å². The SMILES string of the molecule is COc1cc(CNCC(=O)O)cc2c1OCCO2. The number of rotatable bonds is 5. The summed E-state index contributed by atoms with van der Waals surface area (Å²) >= 11 is 0. The number of fused-ring (bicyclic) bond motifs is 1. The van der Waals surface area contributed by atoms with Crippen LogP contribution in [0, 0.1) is 0 Å². The second-order valence-corrected chi connectivity index (χ2v) is 3.82. The van der Waals surface area contributed by atoms with Gasteiger partial charge in [-0.2, -0.15) is 0 Å². The van der Waals surface area contributed by atoms with E-state index >= 15 is 0 Å². The van der Waals surface area contributed by atoms with Gasteiger partial charge in [0.25, 0.3) is 0 Å². The molecule has 98 valence electrons. The maximum Gasteiger partial charge on any atom is 0.317 e. The molecule has 0 aromatic heterocycles. The minimum absolute atomic E-state index is 0.0866. The van der Waals surface area contributed by atoms with Crippen LogP contribution in [-0.2, 0) is 11.3 Å². The fourth-order valence-corrected chi connectivity index (χ4v) is 1.74. The van der Waals surface area contributed by atoms with Crippen LogP contribution in [0.2, 0.25) is 0 Å². The zero-order valence-corrected chi connectivity index (χ0v) is 10.1. The van der Waals surface area contributed by atoms with Crippen molar-refractivity contribution in [1.29, 1.82) is 0 Å². The second kappa shape index (κ2) is 5.59. The molecule has 1 aromatic carbocycles. The molecule has 0 radical (unpaired) electrons. The molecule has 0 spiro atoms. The first-order chi connectivity index (χ1) is 8.70. The summed E-state index contributed by atoms with van der Waals surface area (Å²) in [6.07, 6.45) is 0. The Morgan fingerprint density at radius 1 is 1.44 bits per heavy atom. The number of benzene rings is 1. The lowest BCUT2D eigenvalue weighted by Gasteiger charge is -2.21. The van der Waals surface area contributed by atoms with Gasteiger partial charge in [0.15, 0.2) is 11.5 Å². The number of carbonyl (C=O) groups is 1. The van der Waals surface area contributed by atoms with Crippen LogP contribution in [0.5, 0.6) is 17.2 Å². The van der Waals surface area contributed by atoms with Gasteiger partial charge in [-0.1, -0.05) is 0 Å². The highest BCUT2D eigenvalue weighted by Gasteiger charge is 2.18. The van der Waals surface area contributed by atoms with E-state index in [1.165, 1.54) is 0 Å². The van der Waals surface area contributed by atoms with Crippen LogP contribution in [0.1, 0.15) is 5.56 Å². The lowest BCUT2D eigenvalue weighted by molar-refractivity contribution is -0.135. The Labute approximate surface area is 104 Å². The van der Waals surface area contributed by atoms with E-state index in [1.807, 2.05) is 12.1 Å². The zero-order valence-electron chi connectivity index (χ0n) is 10.1. The third-order valence-electron chi connectivity index (χ3n) is 2.49. The van der Waals surface area contributed by atoms with Crippen molar-refractivity contribution < 1.29 is 24.1 Å². The van der Waals surface area contributed by atoms with Crippen molar-refractivity contribution >= 4 is 5.97 Å². The summed E-state index contributed by atoms with van der Waals surface area (Å²) in [7, 11) is 1.56. The molecule has 0 aliphatic carbocycles. The second-order valence-electron chi connectivity index (χ2n) is 3.82. The average molecular weight is 253 g/mol. The first kappa shape index (κ1) is 12.5. The standard InChI is InChI=1S/C12H15NO5/c1-16-9-4-8(6-13-7-11(14)15)5-10-12(9)18-3-2-17-10/h4-5,13H,2-3,6-7H2,1H3,(H,14,15). The van der Waals surface area contributed by atoms with Crippen molar-refractivity contribution in [1.82, 2.24) is 5.32 Å². The molecule has 6 heteroatoms. The summed E-state index contributed by atoms with van der Waals surface area (Å²) in [6.45, 7) is 1.35. The fraction of sp³-hybridized carbons (Fsp3) is 0.417. The number of hydrogen-bond acceptors (Lipinski definition) is 5. The normalized spacial score (nSPS) is 13.2. The summed E-state index contributed by atoms with van der Waals surface area (Å²) in [5.41, 5.74) is 0.886. The molecular weight excluding hydrogens is 238 g/mol. The van der Waals surface area contributed by atoms with Gasteiger partial charge in [0, 0.05) is 6.54 Å². The molecule has 0 saturated carbocycles. The minimum Gasteiger partial charge on any atom is -0.493 e. The number of nitrogens with one attached hydrogen (secondary N) is 1. The van der Waals surface area contributed by atoms with Crippen molar-refractivity contribution in [2.75, 3.05) is 26.9 Å². The fourth-order valence-electron chi connectivity index (χ4n) is 1.74. The number of ether oxygens (including phenoxy) is 3. The summed E-state index contributed by atoms with van der Waals surface area (Å²) in [4.78, 5) is 10.4. The molecule has 0 bridgehead atoms. The molecule has 6 nitrogen and oxygen atoms in total. The minimum atomic E-state index is -0.889. The molecule has 1 aliphatic heterocycles. The first-order valence-electron chi connectivity index (χ1n) is 5.59. The third-order valence-corrected chi connectivity index (χ3v) is 2.49. The van der Waals surface area contributed by atoms with Gasteiger partial charge in [-0.05, 0) is 17.7 Å². The maximum atomic E-state index is 10.4. The third kappa shape index (κ3) is 2.84. The molecule has 0 saturated heterocycles. The lowest BCUT2D eigenvalue weighted by Crippen LogP contribution is -2.22. The summed E-state index contributed by atoms with van der Waals surface area (Å²) < 4.78 is 16.2. The maximum absolute atomic E-state index is 10.4. The van der Waals surface area contributed by atoms with E-state index in [9.17, 15) is 4.79 Å². The van der Waals surface area contributed by atoms with Gasteiger partial charge in [-0.25, -0.2) is 0 Å². The van der Waals surface area contributed by atoms with E-state index in [0.717, 1.165) is 5.56 Å². The van der Waals surface area contributed by atoms with E-state index in [-0.39, 0.29) is 6.54 Å². The van der Waals surface area contributed by atoms with Gasteiger partial charge in [0.2, 0.25) is 5.75 Å². The Morgan fingerprint density at radius 2 is 2.22 bits per heavy atom. The predicted molar refractivity (Wildman–Crippen MR) is 63.3 cm³/mol. The summed E-state index contributed by atoms with van der Waals surface area (Å²) in [5, 5.41) is 11.4. The Hall–Kier alpha value is -1.95. The molecule has 1 aromatic rings. The molecule has 1 heterocycles.